The van der Waals surface area contributed by atoms with Crippen molar-refractivity contribution in [2.45, 2.75) is 11.3 Å². The summed E-state index contributed by atoms with van der Waals surface area (Å²) in [5, 5.41) is 3.55. The molecule has 1 aliphatic rings. The Morgan fingerprint density at radius 1 is 1.00 bits per heavy atom. The standard InChI is InChI=1S/C20H19Cl2N3O2S2/c21-16-6-7-19(18(22)13-16)29(26,27)25-10-8-24(9-11-25)20-23-17(14-28-20)12-15-4-2-1-3-5-15/h1-7,13-14H,8-12H2. The number of hydrogen-bond donors (Lipinski definition) is 0. The predicted octanol–water partition coefficient (Wildman–Crippen LogP) is 4.55. The number of piperazine rings is 1. The van der Waals surface area contributed by atoms with Crippen LogP contribution >= 0.6 is 34.5 Å². The Kier molecular flexibility index (Phi) is 6.13. The molecular formula is C20H19Cl2N3O2S2. The number of rotatable bonds is 5. The Labute approximate surface area is 184 Å². The lowest BCUT2D eigenvalue weighted by Crippen LogP contribution is -2.48. The van der Waals surface area contributed by atoms with E-state index >= 15 is 0 Å². The highest BCUT2D eigenvalue weighted by Crippen LogP contribution is 2.29. The normalized spacial score (nSPS) is 15.6. The van der Waals surface area contributed by atoms with E-state index < -0.39 is 10.0 Å². The third-order valence-electron chi connectivity index (χ3n) is 4.79. The summed E-state index contributed by atoms with van der Waals surface area (Å²) in [6.45, 7) is 1.94. The molecule has 0 bridgehead atoms. The summed E-state index contributed by atoms with van der Waals surface area (Å²) in [5.74, 6) is 0. The average molecular weight is 468 g/mol. The Hall–Kier alpha value is -1.64. The van der Waals surface area contributed by atoms with Gasteiger partial charge in [-0.2, -0.15) is 4.31 Å². The molecule has 0 aliphatic carbocycles. The van der Waals surface area contributed by atoms with Crippen LogP contribution in [0, 0.1) is 0 Å². The van der Waals surface area contributed by atoms with Crippen molar-refractivity contribution >= 4 is 49.7 Å². The maximum Gasteiger partial charge on any atom is 0.244 e. The monoisotopic (exact) mass is 467 g/mol. The van der Waals surface area contributed by atoms with Crippen LogP contribution in [-0.4, -0.2) is 43.9 Å². The van der Waals surface area contributed by atoms with Crippen LogP contribution in [0.25, 0.3) is 0 Å². The summed E-state index contributed by atoms with van der Waals surface area (Å²) in [6.07, 6.45) is 0.792. The summed E-state index contributed by atoms with van der Waals surface area (Å²) in [5.41, 5.74) is 2.25. The number of halogens is 2. The molecular weight excluding hydrogens is 449 g/mol. The first-order valence-corrected chi connectivity index (χ1v) is 12.2. The molecule has 0 unspecified atom stereocenters. The zero-order valence-electron chi connectivity index (χ0n) is 15.5. The van der Waals surface area contributed by atoms with Gasteiger partial charge in [0.15, 0.2) is 5.13 Å². The van der Waals surface area contributed by atoms with Crippen molar-refractivity contribution in [3.63, 3.8) is 0 Å². The molecule has 1 aliphatic heterocycles. The number of thiazole rings is 1. The van der Waals surface area contributed by atoms with E-state index in [2.05, 4.69) is 22.4 Å². The van der Waals surface area contributed by atoms with Gasteiger partial charge in [0.2, 0.25) is 10.0 Å². The number of benzene rings is 2. The minimum absolute atomic E-state index is 0.0939. The van der Waals surface area contributed by atoms with E-state index in [9.17, 15) is 8.42 Å². The molecule has 2 aromatic carbocycles. The summed E-state index contributed by atoms with van der Waals surface area (Å²) in [4.78, 5) is 6.97. The van der Waals surface area contributed by atoms with Gasteiger partial charge in [-0.3, -0.25) is 0 Å². The molecule has 3 aromatic rings. The first-order valence-electron chi connectivity index (χ1n) is 9.12. The number of anilines is 1. The molecule has 0 N–H and O–H groups in total. The van der Waals surface area contributed by atoms with E-state index in [1.54, 1.807) is 17.4 Å². The van der Waals surface area contributed by atoms with Crippen molar-refractivity contribution in [2.24, 2.45) is 0 Å². The Morgan fingerprint density at radius 3 is 2.41 bits per heavy atom. The van der Waals surface area contributed by atoms with Gasteiger partial charge in [0, 0.05) is 43.0 Å². The van der Waals surface area contributed by atoms with Crippen molar-refractivity contribution < 1.29 is 8.42 Å². The average Bonchev–Trinajstić information content (AvgIpc) is 3.17. The summed E-state index contributed by atoms with van der Waals surface area (Å²) in [6, 6.07) is 14.7. The van der Waals surface area contributed by atoms with Crippen molar-refractivity contribution in [1.82, 2.24) is 9.29 Å². The molecule has 0 atom stereocenters. The van der Waals surface area contributed by atoms with Crippen LogP contribution in [0.3, 0.4) is 0 Å². The van der Waals surface area contributed by atoms with E-state index in [4.69, 9.17) is 28.2 Å². The van der Waals surface area contributed by atoms with Gasteiger partial charge in [-0.15, -0.1) is 11.3 Å². The first-order chi connectivity index (χ1) is 13.9. The molecule has 1 saturated heterocycles. The van der Waals surface area contributed by atoms with Gasteiger partial charge in [0.25, 0.3) is 0 Å². The Morgan fingerprint density at radius 2 is 1.72 bits per heavy atom. The molecule has 1 aromatic heterocycles. The number of sulfonamides is 1. The quantitative estimate of drug-likeness (QED) is 0.551. The van der Waals surface area contributed by atoms with Crippen LogP contribution in [-0.2, 0) is 16.4 Å². The highest BCUT2D eigenvalue weighted by molar-refractivity contribution is 7.89. The van der Waals surface area contributed by atoms with Crippen LogP contribution in [0.1, 0.15) is 11.3 Å². The fraction of sp³-hybridized carbons (Fsp3) is 0.250. The van der Waals surface area contributed by atoms with Crippen molar-refractivity contribution in [1.29, 1.82) is 0 Å². The number of aromatic nitrogens is 1. The van der Waals surface area contributed by atoms with E-state index in [0.29, 0.717) is 31.2 Å². The second-order valence-electron chi connectivity index (χ2n) is 6.75. The van der Waals surface area contributed by atoms with Crippen LogP contribution in [0.15, 0.2) is 58.8 Å². The molecule has 1 fully saturated rings. The van der Waals surface area contributed by atoms with Gasteiger partial charge in [0.1, 0.15) is 4.90 Å². The highest BCUT2D eigenvalue weighted by Gasteiger charge is 2.30. The van der Waals surface area contributed by atoms with Crippen molar-refractivity contribution in [3.05, 3.63) is 75.2 Å². The minimum Gasteiger partial charge on any atom is -0.345 e. The maximum absolute atomic E-state index is 12.9. The van der Waals surface area contributed by atoms with Crippen LogP contribution < -0.4 is 4.90 Å². The van der Waals surface area contributed by atoms with E-state index in [-0.39, 0.29) is 9.92 Å². The molecule has 2 heterocycles. The second-order valence-corrected chi connectivity index (χ2v) is 10.3. The third kappa shape index (κ3) is 4.59. The van der Waals surface area contributed by atoms with E-state index in [0.717, 1.165) is 17.2 Å². The fourth-order valence-electron chi connectivity index (χ4n) is 3.27. The topological polar surface area (TPSA) is 53.5 Å². The van der Waals surface area contributed by atoms with E-state index in [1.807, 2.05) is 18.2 Å². The SMILES string of the molecule is O=S(=O)(c1ccc(Cl)cc1Cl)N1CCN(c2nc(Cc3ccccc3)cs2)CC1. The van der Waals surface area contributed by atoms with Gasteiger partial charge in [-0.05, 0) is 23.8 Å². The lowest BCUT2D eigenvalue weighted by Gasteiger charge is -2.33. The van der Waals surface area contributed by atoms with Gasteiger partial charge in [-0.1, -0.05) is 53.5 Å². The zero-order valence-corrected chi connectivity index (χ0v) is 18.6. The highest BCUT2D eigenvalue weighted by atomic mass is 35.5. The van der Waals surface area contributed by atoms with Crippen molar-refractivity contribution in [2.75, 3.05) is 31.1 Å². The van der Waals surface area contributed by atoms with Gasteiger partial charge >= 0.3 is 0 Å². The second kappa shape index (κ2) is 8.62. The lowest BCUT2D eigenvalue weighted by molar-refractivity contribution is 0.384. The lowest BCUT2D eigenvalue weighted by atomic mass is 10.1. The van der Waals surface area contributed by atoms with Crippen LogP contribution in [0.2, 0.25) is 10.0 Å². The summed E-state index contributed by atoms with van der Waals surface area (Å²) in [7, 11) is -3.65. The molecule has 9 heteroatoms. The predicted molar refractivity (Wildman–Crippen MR) is 119 cm³/mol. The first kappa shape index (κ1) is 20.6. The summed E-state index contributed by atoms with van der Waals surface area (Å²) < 4.78 is 27.3. The van der Waals surface area contributed by atoms with Gasteiger partial charge < -0.3 is 4.90 Å². The fourth-order valence-corrected chi connectivity index (χ4v) is 6.32. The van der Waals surface area contributed by atoms with Gasteiger partial charge in [0.05, 0.1) is 10.7 Å². The summed E-state index contributed by atoms with van der Waals surface area (Å²) >= 11 is 13.6. The van der Waals surface area contributed by atoms with Crippen molar-refractivity contribution in [3.8, 4) is 0 Å². The molecule has 152 valence electrons. The molecule has 0 saturated carbocycles. The molecule has 29 heavy (non-hydrogen) atoms. The molecule has 5 nitrogen and oxygen atoms in total. The maximum atomic E-state index is 12.9. The largest absolute Gasteiger partial charge is 0.345 e. The van der Waals surface area contributed by atoms with Gasteiger partial charge in [-0.25, -0.2) is 13.4 Å². The molecule has 0 amide bonds. The molecule has 4 rings (SSSR count). The van der Waals surface area contributed by atoms with Crippen LogP contribution in [0.4, 0.5) is 5.13 Å². The number of nitrogens with zero attached hydrogens (tertiary/aromatic N) is 3. The molecule has 0 radical (unpaired) electrons. The third-order valence-corrected chi connectivity index (χ3v) is 8.36. The Bertz CT molecular complexity index is 1100. The molecule has 0 spiro atoms. The van der Waals surface area contributed by atoms with Crippen LogP contribution in [0.5, 0.6) is 0 Å². The number of hydrogen-bond acceptors (Lipinski definition) is 5. The minimum atomic E-state index is -3.65. The Balaban J connectivity index is 1.42. The zero-order chi connectivity index (χ0) is 20.4. The smallest absolute Gasteiger partial charge is 0.244 e. The van der Waals surface area contributed by atoms with E-state index in [1.165, 1.54) is 22.0 Å².